The Balaban J connectivity index is 1.76. The van der Waals surface area contributed by atoms with E-state index in [9.17, 15) is 13.2 Å². The number of rotatable bonds is 7. The highest BCUT2D eigenvalue weighted by molar-refractivity contribution is 7.89. The third-order valence-electron chi connectivity index (χ3n) is 3.83. The Morgan fingerprint density at radius 2 is 1.85 bits per heavy atom. The van der Waals surface area contributed by atoms with Crippen molar-refractivity contribution in [1.82, 2.24) is 19.5 Å². The molecule has 0 bridgehead atoms. The molecule has 0 aliphatic carbocycles. The average molecular weight is 385 g/mol. The van der Waals surface area contributed by atoms with Crippen LogP contribution in [0.25, 0.3) is 0 Å². The molecule has 2 aromatic carbocycles. The van der Waals surface area contributed by atoms with Crippen molar-refractivity contribution < 1.29 is 13.2 Å². The number of amides is 1. The normalized spacial score (nSPS) is 11.3. The molecule has 27 heavy (non-hydrogen) atoms. The zero-order valence-electron chi connectivity index (χ0n) is 14.7. The standard InChI is InChI=1S/C18H19N5O3S/c1-2-21-27(25,26)16-9-7-14(8-10-16)18(24)22-17-6-4-3-5-15(17)11-23-13-19-12-20-23/h3-10,12-13,21H,2,11H2,1H3,(H,22,24). The van der Waals surface area contributed by atoms with Crippen LogP contribution in [0.3, 0.4) is 0 Å². The molecular weight excluding hydrogens is 366 g/mol. The number of hydrogen-bond acceptors (Lipinski definition) is 5. The van der Waals surface area contributed by atoms with Gasteiger partial charge in [-0.15, -0.1) is 0 Å². The van der Waals surface area contributed by atoms with Crippen molar-refractivity contribution in [2.45, 2.75) is 18.4 Å². The maximum atomic E-state index is 12.5. The number of nitrogens with one attached hydrogen (secondary N) is 2. The number of para-hydroxylation sites is 1. The Morgan fingerprint density at radius 1 is 1.11 bits per heavy atom. The van der Waals surface area contributed by atoms with Gasteiger partial charge in [0.15, 0.2) is 0 Å². The molecule has 0 saturated heterocycles. The van der Waals surface area contributed by atoms with Gasteiger partial charge in [-0.05, 0) is 35.9 Å². The molecule has 3 aromatic rings. The summed E-state index contributed by atoms with van der Waals surface area (Å²) in [6, 6.07) is 13.2. The largest absolute Gasteiger partial charge is 0.322 e. The Hall–Kier alpha value is -3.04. The van der Waals surface area contributed by atoms with Gasteiger partial charge in [-0.1, -0.05) is 25.1 Å². The van der Waals surface area contributed by atoms with Crippen molar-refractivity contribution in [3.63, 3.8) is 0 Å². The summed E-state index contributed by atoms with van der Waals surface area (Å²) in [6.45, 7) is 2.47. The number of carbonyl (C=O) groups is 1. The van der Waals surface area contributed by atoms with Gasteiger partial charge >= 0.3 is 0 Å². The van der Waals surface area contributed by atoms with Gasteiger partial charge in [0.1, 0.15) is 12.7 Å². The molecule has 0 aliphatic rings. The van der Waals surface area contributed by atoms with Crippen molar-refractivity contribution in [3.8, 4) is 0 Å². The van der Waals surface area contributed by atoms with Crippen LogP contribution >= 0.6 is 0 Å². The molecule has 8 nitrogen and oxygen atoms in total. The van der Waals surface area contributed by atoms with Crippen molar-refractivity contribution in [1.29, 1.82) is 0 Å². The van der Waals surface area contributed by atoms with Crippen LogP contribution in [0.4, 0.5) is 5.69 Å². The molecule has 0 saturated carbocycles. The first-order chi connectivity index (χ1) is 13.0. The molecule has 1 heterocycles. The number of hydrogen-bond donors (Lipinski definition) is 2. The van der Waals surface area contributed by atoms with Gasteiger partial charge in [0.25, 0.3) is 5.91 Å². The monoisotopic (exact) mass is 385 g/mol. The van der Waals surface area contributed by atoms with E-state index in [0.29, 0.717) is 24.3 Å². The minimum atomic E-state index is -3.54. The lowest BCUT2D eigenvalue weighted by molar-refractivity contribution is 0.102. The summed E-state index contributed by atoms with van der Waals surface area (Å²) in [4.78, 5) is 16.6. The Morgan fingerprint density at radius 3 is 2.52 bits per heavy atom. The fraction of sp³-hybridized carbons (Fsp3) is 0.167. The van der Waals surface area contributed by atoms with Crippen LogP contribution in [0.2, 0.25) is 0 Å². The molecular formula is C18H19N5O3S. The van der Waals surface area contributed by atoms with E-state index in [0.717, 1.165) is 5.56 Å². The third kappa shape index (κ3) is 4.57. The summed E-state index contributed by atoms with van der Waals surface area (Å²) in [6.07, 6.45) is 3.05. The summed E-state index contributed by atoms with van der Waals surface area (Å²) in [5.74, 6) is -0.326. The highest BCUT2D eigenvalue weighted by Gasteiger charge is 2.14. The lowest BCUT2D eigenvalue weighted by Gasteiger charge is -2.11. The topological polar surface area (TPSA) is 106 Å². The molecule has 0 fully saturated rings. The maximum absolute atomic E-state index is 12.5. The zero-order chi connectivity index (χ0) is 19.3. The Kier molecular flexibility index (Phi) is 5.63. The van der Waals surface area contributed by atoms with Gasteiger partial charge in [0, 0.05) is 17.8 Å². The number of sulfonamides is 1. The minimum absolute atomic E-state index is 0.118. The number of benzene rings is 2. The van der Waals surface area contributed by atoms with E-state index in [-0.39, 0.29) is 10.8 Å². The zero-order valence-corrected chi connectivity index (χ0v) is 15.5. The van der Waals surface area contributed by atoms with E-state index in [1.165, 1.54) is 30.6 Å². The van der Waals surface area contributed by atoms with Gasteiger partial charge in [0.05, 0.1) is 11.4 Å². The quantitative estimate of drug-likeness (QED) is 0.646. The number of nitrogens with zero attached hydrogens (tertiary/aromatic N) is 3. The van der Waals surface area contributed by atoms with E-state index in [2.05, 4.69) is 20.1 Å². The molecule has 9 heteroatoms. The van der Waals surface area contributed by atoms with Crippen LogP contribution in [0.15, 0.2) is 66.1 Å². The fourth-order valence-corrected chi connectivity index (χ4v) is 3.56. The van der Waals surface area contributed by atoms with Crippen molar-refractivity contribution in [3.05, 3.63) is 72.3 Å². The molecule has 0 atom stereocenters. The van der Waals surface area contributed by atoms with E-state index in [1.54, 1.807) is 24.0 Å². The lowest BCUT2D eigenvalue weighted by Crippen LogP contribution is -2.23. The molecule has 1 aromatic heterocycles. The third-order valence-corrected chi connectivity index (χ3v) is 5.39. The minimum Gasteiger partial charge on any atom is -0.322 e. The Bertz CT molecular complexity index is 1020. The highest BCUT2D eigenvalue weighted by atomic mass is 32.2. The van der Waals surface area contributed by atoms with Crippen LogP contribution in [-0.2, 0) is 16.6 Å². The lowest BCUT2D eigenvalue weighted by atomic mass is 10.1. The van der Waals surface area contributed by atoms with E-state index < -0.39 is 10.0 Å². The molecule has 0 spiro atoms. The maximum Gasteiger partial charge on any atom is 0.255 e. The van der Waals surface area contributed by atoms with E-state index in [1.807, 2.05) is 18.2 Å². The first-order valence-corrected chi connectivity index (χ1v) is 9.79. The van der Waals surface area contributed by atoms with Crippen LogP contribution < -0.4 is 10.0 Å². The van der Waals surface area contributed by atoms with E-state index >= 15 is 0 Å². The summed E-state index contributed by atoms with van der Waals surface area (Å²) in [7, 11) is -3.54. The van der Waals surface area contributed by atoms with Crippen molar-refractivity contribution in [2.75, 3.05) is 11.9 Å². The fourth-order valence-electron chi connectivity index (χ4n) is 2.52. The summed E-state index contributed by atoms with van der Waals surface area (Å²) in [5.41, 5.74) is 1.89. The van der Waals surface area contributed by atoms with Gasteiger partial charge < -0.3 is 5.32 Å². The molecule has 0 aliphatic heterocycles. The van der Waals surface area contributed by atoms with Crippen molar-refractivity contribution >= 4 is 21.6 Å². The second-order valence-corrected chi connectivity index (χ2v) is 7.50. The van der Waals surface area contributed by atoms with Crippen LogP contribution in [0.5, 0.6) is 0 Å². The summed E-state index contributed by atoms with van der Waals surface area (Å²) >= 11 is 0. The van der Waals surface area contributed by atoms with E-state index in [4.69, 9.17) is 0 Å². The van der Waals surface area contributed by atoms with Crippen LogP contribution in [-0.4, -0.2) is 35.6 Å². The number of aromatic nitrogens is 3. The smallest absolute Gasteiger partial charge is 0.255 e. The van der Waals surface area contributed by atoms with Gasteiger partial charge in [0.2, 0.25) is 10.0 Å². The van der Waals surface area contributed by atoms with Gasteiger partial charge in [-0.2, -0.15) is 5.10 Å². The Labute approximate surface area is 157 Å². The number of anilines is 1. The molecule has 3 rings (SSSR count). The first kappa shape index (κ1) is 18.7. The number of carbonyl (C=O) groups excluding carboxylic acids is 1. The van der Waals surface area contributed by atoms with Crippen LogP contribution in [0.1, 0.15) is 22.8 Å². The predicted molar refractivity (Wildman–Crippen MR) is 101 cm³/mol. The summed E-state index contributed by atoms with van der Waals surface area (Å²) < 4.78 is 28.0. The van der Waals surface area contributed by atoms with Gasteiger partial charge in [-0.25, -0.2) is 22.8 Å². The molecule has 2 N–H and O–H groups in total. The molecule has 0 unspecified atom stereocenters. The molecule has 1 amide bonds. The second kappa shape index (κ2) is 8.11. The second-order valence-electron chi connectivity index (χ2n) is 5.73. The predicted octanol–water partition coefficient (Wildman–Crippen LogP) is 1.88. The first-order valence-electron chi connectivity index (χ1n) is 8.31. The van der Waals surface area contributed by atoms with Crippen LogP contribution in [0, 0.1) is 0 Å². The molecule has 140 valence electrons. The SMILES string of the molecule is CCNS(=O)(=O)c1ccc(C(=O)Nc2ccccc2Cn2cncn2)cc1. The van der Waals surface area contributed by atoms with Gasteiger partial charge in [-0.3, -0.25) is 4.79 Å². The highest BCUT2D eigenvalue weighted by Crippen LogP contribution is 2.18. The average Bonchev–Trinajstić information content (AvgIpc) is 3.16. The van der Waals surface area contributed by atoms with Crippen molar-refractivity contribution in [2.24, 2.45) is 0 Å². The summed E-state index contributed by atoms with van der Waals surface area (Å²) in [5, 5.41) is 6.92. The molecule has 0 radical (unpaired) electrons.